The van der Waals surface area contributed by atoms with Crippen LogP contribution >= 0.6 is 0 Å². The first-order valence-corrected chi connectivity index (χ1v) is 10.2. The van der Waals surface area contributed by atoms with E-state index in [1.165, 1.54) is 12.0 Å². The molecule has 1 fully saturated rings. The molecule has 0 radical (unpaired) electrons. The number of aliphatic hydroxyl groups is 1. The second-order valence-electron chi connectivity index (χ2n) is 7.37. The number of carbonyl (C=O) groups excluding carboxylic acids is 2. The van der Waals surface area contributed by atoms with Gasteiger partial charge < -0.3 is 19.5 Å². The highest BCUT2D eigenvalue weighted by Gasteiger charge is 2.46. The van der Waals surface area contributed by atoms with Crippen molar-refractivity contribution in [3.8, 4) is 11.5 Å². The summed E-state index contributed by atoms with van der Waals surface area (Å²) in [4.78, 5) is 27.4. The zero-order valence-electron chi connectivity index (χ0n) is 18.1. The minimum absolute atomic E-state index is 0.0446. The Morgan fingerprint density at radius 1 is 1.23 bits per heavy atom. The minimum atomic E-state index is -0.725. The zero-order chi connectivity index (χ0) is 22.5. The van der Waals surface area contributed by atoms with Gasteiger partial charge in [-0.1, -0.05) is 43.3 Å². The van der Waals surface area contributed by atoms with E-state index < -0.39 is 17.7 Å². The van der Waals surface area contributed by atoms with Crippen molar-refractivity contribution in [1.82, 2.24) is 4.90 Å². The van der Waals surface area contributed by atoms with Crippen LogP contribution in [0.3, 0.4) is 0 Å². The van der Waals surface area contributed by atoms with Gasteiger partial charge in [-0.2, -0.15) is 0 Å². The molecule has 2 aromatic rings. The molecule has 0 aromatic heterocycles. The van der Waals surface area contributed by atoms with Crippen LogP contribution in [0.5, 0.6) is 11.5 Å². The van der Waals surface area contributed by atoms with Crippen LogP contribution in [0.2, 0.25) is 0 Å². The SMILES string of the molecule is C=CCOc1cccc(C2/C(=C(\O)c3cc(C)ccc3OC)C(=O)C(=O)N2CCC)c1. The molecule has 1 unspecified atom stereocenters. The molecule has 31 heavy (non-hydrogen) atoms. The second kappa shape index (κ2) is 9.51. The lowest BCUT2D eigenvalue weighted by Gasteiger charge is -2.25. The van der Waals surface area contributed by atoms with Crippen LogP contribution in [0.15, 0.2) is 60.7 Å². The summed E-state index contributed by atoms with van der Waals surface area (Å²) in [6.45, 7) is 8.18. The van der Waals surface area contributed by atoms with Crippen molar-refractivity contribution in [3.63, 3.8) is 0 Å². The van der Waals surface area contributed by atoms with Gasteiger partial charge in [0.1, 0.15) is 23.9 Å². The van der Waals surface area contributed by atoms with Gasteiger partial charge in [0.15, 0.2) is 0 Å². The second-order valence-corrected chi connectivity index (χ2v) is 7.37. The van der Waals surface area contributed by atoms with Crippen LogP contribution in [0.1, 0.15) is 36.1 Å². The van der Waals surface area contributed by atoms with E-state index in [0.717, 1.165) is 5.56 Å². The Bertz CT molecular complexity index is 1040. The smallest absolute Gasteiger partial charge is 0.295 e. The van der Waals surface area contributed by atoms with Crippen molar-refractivity contribution in [1.29, 1.82) is 0 Å². The first-order chi connectivity index (χ1) is 14.9. The summed E-state index contributed by atoms with van der Waals surface area (Å²) < 4.78 is 11.0. The lowest BCUT2D eigenvalue weighted by atomic mass is 9.94. The van der Waals surface area contributed by atoms with Crippen LogP contribution in [-0.2, 0) is 9.59 Å². The monoisotopic (exact) mass is 421 g/mol. The molecule has 1 aliphatic heterocycles. The maximum atomic E-state index is 13.0. The summed E-state index contributed by atoms with van der Waals surface area (Å²) in [5.41, 5.74) is 1.99. The predicted octanol–water partition coefficient (Wildman–Crippen LogP) is 4.40. The van der Waals surface area contributed by atoms with E-state index in [9.17, 15) is 14.7 Å². The summed E-state index contributed by atoms with van der Waals surface area (Å²) in [6.07, 6.45) is 2.31. The highest BCUT2D eigenvalue weighted by molar-refractivity contribution is 6.46. The lowest BCUT2D eigenvalue weighted by molar-refractivity contribution is -0.139. The maximum absolute atomic E-state index is 13.0. The highest BCUT2D eigenvalue weighted by atomic mass is 16.5. The van der Waals surface area contributed by atoms with Crippen molar-refractivity contribution in [2.45, 2.75) is 26.3 Å². The van der Waals surface area contributed by atoms with Gasteiger partial charge in [0.25, 0.3) is 11.7 Å². The average molecular weight is 421 g/mol. The Labute approximate surface area is 182 Å². The number of benzene rings is 2. The largest absolute Gasteiger partial charge is 0.507 e. The van der Waals surface area contributed by atoms with Crippen molar-refractivity contribution in [3.05, 3.63) is 77.4 Å². The molecule has 162 valence electrons. The quantitative estimate of drug-likeness (QED) is 0.296. The number of methoxy groups -OCH3 is 1. The number of carbonyl (C=O) groups is 2. The van der Waals surface area contributed by atoms with Crippen molar-refractivity contribution < 1.29 is 24.2 Å². The fourth-order valence-electron chi connectivity index (χ4n) is 3.78. The van der Waals surface area contributed by atoms with Crippen molar-refractivity contribution in [2.75, 3.05) is 20.3 Å². The van der Waals surface area contributed by atoms with Crippen LogP contribution in [0.25, 0.3) is 5.76 Å². The van der Waals surface area contributed by atoms with Gasteiger partial charge >= 0.3 is 0 Å². The van der Waals surface area contributed by atoms with E-state index in [0.29, 0.717) is 42.2 Å². The van der Waals surface area contributed by atoms with Gasteiger partial charge in [0.05, 0.1) is 24.3 Å². The van der Waals surface area contributed by atoms with Crippen molar-refractivity contribution >= 4 is 17.4 Å². The zero-order valence-corrected chi connectivity index (χ0v) is 18.1. The molecular formula is C25H27NO5. The van der Waals surface area contributed by atoms with E-state index in [4.69, 9.17) is 9.47 Å². The molecule has 3 rings (SSSR count). The number of aryl methyl sites for hydroxylation is 1. The molecule has 1 N–H and O–H groups in total. The molecule has 1 atom stereocenters. The van der Waals surface area contributed by atoms with Gasteiger partial charge in [-0.25, -0.2) is 0 Å². The Hall–Kier alpha value is -3.54. The summed E-state index contributed by atoms with van der Waals surface area (Å²) in [5, 5.41) is 11.2. The number of amides is 1. The maximum Gasteiger partial charge on any atom is 0.295 e. The number of likely N-dealkylation sites (tertiary alicyclic amines) is 1. The molecule has 0 bridgehead atoms. The Balaban J connectivity index is 2.21. The fourth-order valence-corrected chi connectivity index (χ4v) is 3.78. The first kappa shape index (κ1) is 22.2. The van der Waals surface area contributed by atoms with E-state index in [-0.39, 0.29) is 11.3 Å². The normalized spacial score (nSPS) is 17.6. The fraction of sp³-hybridized carbons (Fsp3) is 0.280. The number of ketones is 1. The number of rotatable bonds is 8. The van der Waals surface area contributed by atoms with Gasteiger partial charge in [-0.3, -0.25) is 9.59 Å². The third kappa shape index (κ3) is 4.33. The van der Waals surface area contributed by atoms with Crippen molar-refractivity contribution in [2.24, 2.45) is 0 Å². The Kier molecular flexibility index (Phi) is 6.80. The van der Waals surface area contributed by atoms with E-state index in [1.54, 1.807) is 36.4 Å². The first-order valence-electron chi connectivity index (χ1n) is 10.2. The Morgan fingerprint density at radius 2 is 2.00 bits per heavy atom. The molecule has 0 spiro atoms. The topological polar surface area (TPSA) is 76.1 Å². The minimum Gasteiger partial charge on any atom is -0.507 e. The summed E-state index contributed by atoms with van der Waals surface area (Å²) >= 11 is 0. The highest BCUT2D eigenvalue weighted by Crippen LogP contribution is 2.41. The molecule has 6 heteroatoms. The number of hydrogen-bond acceptors (Lipinski definition) is 5. The summed E-state index contributed by atoms with van der Waals surface area (Å²) in [6, 6.07) is 11.8. The number of hydrogen-bond donors (Lipinski definition) is 1. The molecule has 6 nitrogen and oxygen atoms in total. The van der Waals surface area contributed by atoms with E-state index in [1.807, 2.05) is 26.0 Å². The standard InChI is InChI=1S/C25H27NO5/c1-5-12-26-22(17-8-7-9-18(15-17)31-13-6-2)21(24(28)25(26)29)23(27)19-14-16(3)10-11-20(19)30-4/h6-11,14-15,22,27H,2,5,12-13H2,1,3-4H3/b23-21+. The van der Waals surface area contributed by atoms with Crippen LogP contribution in [0, 0.1) is 6.92 Å². The van der Waals surface area contributed by atoms with E-state index >= 15 is 0 Å². The molecule has 1 saturated heterocycles. The molecule has 0 saturated carbocycles. The molecule has 1 aliphatic rings. The Morgan fingerprint density at radius 3 is 2.68 bits per heavy atom. The van der Waals surface area contributed by atoms with Gasteiger partial charge in [-0.15, -0.1) is 0 Å². The lowest BCUT2D eigenvalue weighted by Crippen LogP contribution is -2.30. The van der Waals surface area contributed by atoms with Crippen LogP contribution in [-0.4, -0.2) is 42.0 Å². The molecule has 1 amide bonds. The number of nitrogens with zero attached hydrogens (tertiary/aromatic N) is 1. The van der Waals surface area contributed by atoms with Gasteiger partial charge in [0.2, 0.25) is 0 Å². The molecular weight excluding hydrogens is 394 g/mol. The molecule has 0 aliphatic carbocycles. The predicted molar refractivity (Wildman–Crippen MR) is 119 cm³/mol. The van der Waals surface area contributed by atoms with Crippen LogP contribution in [0.4, 0.5) is 0 Å². The third-order valence-corrected chi connectivity index (χ3v) is 5.16. The summed E-state index contributed by atoms with van der Waals surface area (Å²) in [5.74, 6) is -0.575. The van der Waals surface area contributed by atoms with E-state index in [2.05, 4.69) is 6.58 Å². The molecule has 1 heterocycles. The molecule has 2 aromatic carbocycles. The number of ether oxygens (including phenoxy) is 2. The third-order valence-electron chi connectivity index (χ3n) is 5.16. The van der Waals surface area contributed by atoms with Gasteiger partial charge in [-0.05, 0) is 43.2 Å². The van der Waals surface area contributed by atoms with Crippen LogP contribution < -0.4 is 9.47 Å². The van der Waals surface area contributed by atoms with Gasteiger partial charge in [0, 0.05) is 6.54 Å². The average Bonchev–Trinajstić information content (AvgIpc) is 3.02. The summed E-state index contributed by atoms with van der Waals surface area (Å²) in [7, 11) is 1.50. The number of aliphatic hydroxyl groups excluding tert-OH is 1. The number of Topliss-reactive ketones (excluding diaryl/α,β-unsaturated/α-hetero) is 1.